The molecule has 1 aromatic carbocycles. The minimum absolute atomic E-state index is 0.216. The molecule has 0 unspecified atom stereocenters. The maximum Gasteiger partial charge on any atom is 0.316 e. The quantitative estimate of drug-likeness (QED) is 0.820. The predicted molar refractivity (Wildman–Crippen MR) is 82.8 cm³/mol. The highest BCUT2D eigenvalue weighted by Crippen LogP contribution is 2.25. The van der Waals surface area contributed by atoms with Crippen LogP contribution in [0.5, 0.6) is 11.8 Å². The van der Waals surface area contributed by atoms with Crippen LogP contribution >= 0.6 is 0 Å². The number of rotatable bonds is 5. The average molecular weight is 335 g/mol. The lowest BCUT2D eigenvalue weighted by molar-refractivity contribution is 0.197. The molecule has 1 aromatic heterocycles. The van der Waals surface area contributed by atoms with Crippen molar-refractivity contribution in [1.29, 1.82) is 0 Å². The van der Waals surface area contributed by atoms with Crippen LogP contribution in [0.1, 0.15) is 6.42 Å². The van der Waals surface area contributed by atoms with E-state index in [0.717, 1.165) is 0 Å². The molecule has 1 fully saturated rings. The van der Waals surface area contributed by atoms with E-state index in [4.69, 9.17) is 9.47 Å². The summed E-state index contributed by atoms with van der Waals surface area (Å²) in [6.45, 7) is 0.675. The zero-order chi connectivity index (χ0) is 16.3. The molecule has 0 amide bonds. The molecular weight excluding hydrogens is 318 g/mol. The molecule has 0 radical (unpaired) electrons. The summed E-state index contributed by atoms with van der Waals surface area (Å²) in [4.78, 5) is 8.20. The Morgan fingerprint density at radius 3 is 2.74 bits per heavy atom. The summed E-state index contributed by atoms with van der Waals surface area (Å²) >= 11 is 0. The minimum Gasteiger partial charge on any atom is -0.497 e. The molecular formula is C15H17N3O4S. The Morgan fingerprint density at radius 2 is 2.00 bits per heavy atom. The van der Waals surface area contributed by atoms with Gasteiger partial charge in [-0.3, -0.25) is 0 Å². The van der Waals surface area contributed by atoms with E-state index in [0.29, 0.717) is 18.7 Å². The maximum absolute atomic E-state index is 12.7. The lowest BCUT2D eigenvalue weighted by atomic mass is 10.3. The van der Waals surface area contributed by atoms with Gasteiger partial charge in [0.05, 0.1) is 18.6 Å². The molecule has 0 spiro atoms. The Balaban J connectivity index is 1.72. The lowest BCUT2D eigenvalue weighted by Gasteiger charge is -2.17. The van der Waals surface area contributed by atoms with Gasteiger partial charge in [0.2, 0.25) is 10.0 Å². The molecule has 0 N–H and O–H groups in total. The topological polar surface area (TPSA) is 81.6 Å². The number of hydrogen-bond acceptors (Lipinski definition) is 6. The standard InChI is InChI=1S/C15H17N3O4S/c1-21-12-4-2-5-14(10-12)23(19,20)18-9-6-13(11-18)22-15-16-7-3-8-17-15/h2-5,7-8,10,13H,6,9,11H2,1H3/t13-/m0/s1. The Morgan fingerprint density at radius 1 is 1.22 bits per heavy atom. The van der Waals surface area contributed by atoms with E-state index in [2.05, 4.69) is 9.97 Å². The third-order valence-corrected chi connectivity index (χ3v) is 5.46. The first-order chi connectivity index (χ1) is 11.1. The van der Waals surface area contributed by atoms with Crippen molar-refractivity contribution >= 4 is 10.0 Å². The summed E-state index contributed by atoms with van der Waals surface area (Å²) < 4.78 is 37.5. The van der Waals surface area contributed by atoms with E-state index in [1.165, 1.54) is 17.5 Å². The SMILES string of the molecule is COc1cccc(S(=O)(=O)N2CC[C@H](Oc3ncccn3)C2)c1. The molecule has 0 aliphatic carbocycles. The van der Waals surface area contributed by atoms with Crippen LogP contribution in [0.3, 0.4) is 0 Å². The first-order valence-electron chi connectivity index (χ1n) is 7.17. The summed E-state index contributed by atoms with van der Waals surface area (Å²) in [5.74, 6) is 0.510. The Bertz CT molecular complexity index is 767. The van der Waals surface area contributed by atoms with Crippen molar-refractivity contribution in [3.8, 4) is 11.8 Å². The van der Waals surface area contributed by atoms with E-state index >= 15 is 0 Å². The van der Waals surface area contributed by atoms with E-state index < -0.39 is 10.0 Å². The average Bonchev–Trinajstić information content (AvgIpc) is 3.05. The predicted octanol–water partition coefficient (Wildman–Crippen LogP) is 1.33. The molecule has 1 saturated heterocycles. The van der Waals surface area contributed by atoms with Gasteiger partial charge in [-0.25, -0.2) is 18.4 Å². The Kier molecular flexibility index (Phi) is 4.44. The van der Waals surface area contributed by atoms with Crippen LogP contribution in [0.2, 0.25) is 0 Å². The summed E-state index contributed by atoms with van der Waals surface area (Å²) in [5, 5.41) is 0. The molecule has 1 aliphatic heterocycles. The first-order valence-corrected chi connectivity index (χ1v) is 8.61. The molecule has 2 heterocycles. The fraction of sp³-hybridized carbons (Fsp3) is 0.333. The maximum atomic E-state index is 12.7. The second kappa shape index (κ2) is 6.51. The first kappa shape index (κ1) is 15.7. The van der Waals surface area contributed by atoms with Crippen molar-refractivity contribution in [3.05, 3.63) is 42.7 Å². The molecule has 7 nitrogen and oxygen atoms in total. The Labute approximate surface area is 134 Å². The highest BCUT2D eigenvalue weighted by atomic mass is 32.2. The highest BCUT2D eigenvalue weighted by Gasteiger charge is 2.34. The summed E-state index contributed by atoms with van der Waals surface area (Å²) in [6.07, 6.45) is 3.52. The summed E-state index contributed by atoms with van der Waals surface area (Å²) in [5.41, 5.74) is 0. The molecule has 8 heteroatoms. The van der Waals surface area contributed by atoms with Crippen LogP contribution in [0, 0.1) is 0 Å². The number of ether oxygens (including phenoxy) is 2. The minimum atomic E-state index is -3.56. The van der Waals surface area contributed by atoms with Gasteiger partial charge in [-0.1, -0.05) is 6.07 Å². The van der Waals surface area contributed by atoms with E-state index in [1.54, 1.807) is 36.7 Å². The van der Waals surface area contributed by atoms with Gasteiger partial charge in [-0.2, -0.15) is 4.31 Å². The number of nitrogens with zero attached hydrogens (tertiary/aromatic N) is 3. The number of benzene rings is 1. The fourth-order valence-electron chi connectivity index (χ4n) is 2.42. The number of hydrogen-bond donors (Lipinski definition) is 0. The molecule has 0 bridgehead atoms. The van der Waals surface area contributed by atoms with Crippen LogP contribution in [0.15, 0.2) is 47.6 Å². The lowest BCUT2D eigenvalue weighted by Crippen LogP contribution is -2.31. The monoisotopic (exact) mass is 335 g/mol. The third-order valence-electron chi connectivity index (χ3n) is 3.60. The van der Waals surface area contributed by atoms with E-state index in [1.807, 2.05) is 0 Å². The van der Waals surface area contributed by atoms with E-state index in [-0.39, 0.29) is 23.6 Å². The van der Waals surface area contributed by atoms with Crippen molar-refractivity contribution in [2.24, 2.45) is 0 Å². The normalized spacial score (nSPS) is 18.7. The van der Waals surface area contributed by atoms with Crippen LogP contribution in [0.4, 0.5) is 0 Å². The zero-order valence-electron chi connectivity index (χ0n) is 12.6. The second-order valence-corrected chi connectivity index (χ2v) is 7.04. The van der Waals surface area contributed by atoms with Crippen LogP contribution in [-0.4, -0.2) is 49.0 Å². The van der Waals surface area contributed by atoms with Gasteiger partial charge >= 0.3 is 6.01 Å². The number of sulfonamides is 1. The van der Waals surface area contributed by atoms with Gasteiger partial charge in [-0.15, -0.1) is 0 Å². The highest BCUT2D eigenvalue weighted by molar-refractivity contribution is 7.89. The number of methoxy groups -OCH3 is 1. The van der Waals surface area contributed by atoms with E-state index in [9.17, 15) is 8.42 Å². The van der Waals surface area contributed by atoms with Gasteiger partial charge in [0, 0.05) is 25.0 Å². The van der Waals surface area contributed by atoms with Gasteiger partial charge < -0.3 is 9.47 Å². The molecule has 1 aliphatic rings. The molecule has 23 heavy (non-hydrogen) atoms. The molecule has 0 saturated carbocycles. The van der Waals surface area contributed by atoms with Crippen molar-refractivity contribution in [1.82, 2.24) is 14.3 Å². The zero-order valence-corrected chi connectivity index (χ0v) is 13.4. The van der Waals surface area contributed by atoms with Crippen LogP contribution < -0.4 is 9.47 Å². The van der Waals surface area contributed by atoms with Crippen molar-refractivity contribution in [2.45, 2.75) is 17.4 Å². The van der Waals surface area contributed by atoms with Crippen molar-refractivity contribution in [2.75, 3.05) is 20.2 Å². The largest absolute Gasteiger partial charge is 0.497 e. The smallest absolute Gasteiger partial charge is 0.316 e. The van der Waals surface area contributed by atoms with Crippen LogP contribution in [-0.2, 0) is 10.0 Å². The number of aromatic nitrogens is 2. The van der Waals surface area contributed by atoms with Crippen molar-refractivity contribution in [3.63, 3.8) is 0 Å². The molecule has 2 aromatic rings. The molecule has 3 rings (SSSR count). The van der Waals surface area contributed by atoms with Crippen LogP contribution in [0.25, 0.3) is 0 Å². The van der Waals surface area contributed by atoms with Gasteiger partial charge in [0.1, 0.15) is 11.9 Å². The Hall–Kier alpha value is -2.19. The van der Waals surface area contributed by atoms with Gasteiger partial charge in [-0.05, 0) is 24.6 Å². The summed E-state index contributed by atoms with van der Waals surface area (Å²) in [6, 6.07) is 8.41. The van der Waals surface area contributed by atoms with Gasteiger partial charge in [0.25, 0.3) is 0 Å². The van der Waals surface area contributed by atoms with Crippen molar-refractivity contribution < 1.29 is 17.9 Å². The fourth-order valence-corrected chi connectivity index (χ4v) is 3.94. The second-order valence-electron chi connectivity index (χ2n) is 5.10. The molecule has 1 atom stereocenters. The summed E-state index contributed by atoms with van der Waals surface area (Å²) in [7, 11) is -2.06. The van der Waals surface area contributed by atoms with Gasteiger partial charge in [0.15, 0.2) is 0 Å². The third kappa shape index (κ3) is 3.43. The molecule has 122 valence electrons.